The fourth-order valence-corrected chi connectivity index (χ4v) is 3.95. The average molecular weight is 410 g/mol. The Morgan fingerprint density at radius 1 is 1.17 bits per heavy atom. The lowest BCUT2D eigenvalue weighted by Gasteiger charge is -2.27. The van der Waals surface area contributed by atoms with Crippen LogP contribution >= 0.6 is 15.9 Å². The van der Waals surface area contributed by atoms with Crippen molar-refractivity contribution in [3.8, 4) is 0 Å². The van der Waals surface area contributed by atoms with Gasteiger partial charge in [0.25, 0.3) is 5.91 Å². The van der Waals surface area contributed by atoms with Gasteiger partial charge in [-0.25, -0.2) is 8.42 Å². The second kappa shape index (κ2) is 6.19. The molecule has 1 atom stereocenters. The van der Waals surface area contributed by atoms with E-state index in [-0.39, 0.29) is 4.90 Å². The zero-order valence-electron chi connectivity index (χ0n) is 13.1. The minimum Gasteiger partial charge on any atom is -0.360 e. The fraction of sp³-hybridized carbons (Fsp3) is 0.188. The topological polar surface area (TPSA) is 87.3 Å². The van der Waals surface area contributed by atoms with E-state index in [0.717, 1.165) is 15.6 Å². The highest BCUT2D eigenvalue weighted by molar-refractivity contribution is 9.10. The highest BCUT2D eigenvalue weighted by Gasteiger charge is 2.33. The Bertz CT molecular complexity index is 928. The number of carbonyl (C=O) groups excluding carboxylic acids is 1. The highest BCUT2D eigenvalue weighted by atomic mass is 79.9. The number of rotatable bonds is 2. The van der Waals surface area contributed by atoms with E-state index in [1.165, 1.54) is 6.07 Å². The minimum atomic E-state index is -3.74. The fourth-order valence-electron chi connectivity index (χ4n) is 2.45. The van der Waals surface area contributed by atoms with Crippen molar-refractivity contribution in [3.05, 3.63) is 52.0 Å². The third kappa shape index (κ3) is 3.31. The van der Waals surface area contributed by atoms with E-state index in [2.05, 4.69) is 31.3 Å². The molecule has 0 aliphatic carbocycles. The first-order valence-electron chi connectivity index (χ1n) is 7.23. The molecule has 3 rings (SSSR count). The summed E-state index contributed by atoms with van der Waals surface area (Å²) in [4.78, 5) is 12.6. The van der Waals surface area contributed by atoms with Crippen LogP contribution in [0.5, 0.6) is 0 Å². The Hall–Kier alpha value is -1.90. The van der Waals surface area contributed by atoms with E-state index < -0.39 is 22.1 Å². The Balaban J connectivity index is 1.85. The molecule has 24 heavy (non-hydrogen) atoms. The molecule has 0 aromatic heterocycles. The van der Waals surface area contributed by atoms with Crippen LogP contribution < -0.4 is 15.4 Å². The SMILES string of the molecule is Cc1ccc2c(c1)N[C@H](C(=O)Nc1ccc(Br)c(C)c1)NS2(=O)=O. The molecule has 0 bridgehead atoms. The summed E-state index contributed by atoms with van der Waals surface area (Å²) in [7, 11) is -3.74. The molecule has 1 aliphatic rings. The smallest absolute Gasteiger partial charge is 0.262 e. The summed E-state index contributed by atoms with van der Waals surface area (Å²) in [5.74, 6) is -0.479. The average Bonchev–Trinajstić information content (AvgIpc) is 2.49. The van der Waals surface area contributed by atoms with Gasteiger partial charge in [-0.05, 0) is 55.3 Å². The van der Waals surface area contributed by atoms with Crippen LogP contribution in [0.15, 0.2) is 45.8 Å². The molecule has 0 spiro atoms. The summed E-state index contributed by atoms with van der Waals surface area (Å²) in [5.41, 5.74) is 2.88. The van der Waals surface area contributed by atoms with Gasteiger partial charge in [0.2, 0.25) is 10.0 Å². The number of sulfonamides is 1. The summed E-state index contributed by atoms with van der Waals surface area (Å²) in [6.45, 7) is 3.76. The van der Waals surface area contributed by atoms with Crippen LogP contribution in [0.4, 0.5) is 11.4 Å². The summed E-state index contributed by atoms with van der Waals surface area (Å²) in [5, 5.41) is 5.64. The van der Waals surface area contributed by atoms with Crippen LogP contribution in [0, 0.1) is 13.8 Å². The van der Waals surface area contributed by atoms with Gasteiger partial charge < -0.3 is 10.6 Å². The lowest BCUT2D eigenvalue weighted by atomic mass is 10.2. The molecule has 2 aromatic carbocycles. The quantitative estimate of drug-likeness (QED) is 0.711. The van der Waals surface area contributed by atoms with Gasteiger partial charge in [-0.15, -0.1) is 0 Å². The standard InChI is InChI=1S/C16H16BrN3O3S/c1-9-3-6-14-13(7-9)19-15(20-24(14,22)23)16(21)18-11-4-5-12(17)10(2)8-11/h3-8,15,19-20H,1-2H3,(H,18,21)/t15-/m0/s1. The first kappa shape index (κ1) is 16.9. The number of nitrogens with one attached hydrogen (secondary N) is 3. The summed E-state index contributed by atoms with van der Waals surface area (Å²) < 4.78 is 27.9. The molecule has 1 aliphatic heterocycles. The Morgan fingerprint density at radius 3 is 2.62 bits per heavy atom. The number of aryl methyl sites for hydroxylation is 2. The van der Waals surface area contributed by atoms with Gasteiger partial charge >= 0.3 is 0 Å². The molecule has 2 aromatic rings. The molecule has 1 amide bonds. The second-order valence-corrected chi connectivity index (χ2v) is 8.19. The van der Waals surface area contributed by atoms with Gasteiger partial charge in [-0.1, -0.05) is 22.0 Å². The van der Waals surface area contributed by atoms with E-state index in [9.17, 15) is 13.2 Å². The molecule has 1 heterocycles. The Morgan fingerprint density at radius 2 is 1.92 bits per heavy atom. The van der Waals surface area contributed by atoms with Crippen molar-refractivity contribution < 1.29 is 13.2 Å². The third-order valence-electron chi connectivity index (χ3n) is 3.69. The van der Waals surface area contributed by atoms with Crippen molar-refractivity contribution in [2.45, 2.75) is 24.9 Å². The number of fused-ring (bicyclic) bond motifs is 1. The highest BCUT2D eigenvalue weighted by Crippen LogP contribution is 2.27. The van der Waals surface area contributed by atoms with E-state index in [1.54, 1.807) is 24.3 Å². The molecular formula is C16H16BrN3O3S. The van der Waals surface area contributed by atoms with Crippen LogP contribution in [-0.4, -0.2) is 20.5 Å². The number of benzene rings is 2. The Labute approximate surface area is 148 Å². The molecule has 0 unspecified atom stereocenters. The van der Waals surface area contributed by atoms with Gasteiger partial charge in [-0.3, -0.25) is 4.79 Å². The number of halogens is 1. The van der Waals surface area contributed by atoms with Gasteiger partial charge in [0.05, 0.1) is 5.69 Å². The molecule has 0 saturated heterocycles. The van der Waals surface area contributed by atoms with Gasteiger partial charge in [0, 0.05) is 10.2 Å². The van der Waals surface area contributed by atoms with Crippen LogP contribution in [0.2, 0.25) is 0 Å². The first-order valence-corrected chi connectivity index (χ1v) is 9.50. The zero-order chi connectivity index (χ0) is 17.5. The van der Waals surface area contributed by atoms with Crippen LogP contribution in [0.3, 0.4) is 0 Å². The summed E-state index contributed by atoms with van der Waals surface area (Å²) >= 11 is 3.40. The second-order valence-electron chi connectivity index (χ2n) is 5.65. The van der Waals surface area contributed by atoms with Crippen LogP contribution in [-0.2, 0) is 14.8 Å². The van der Waals surface area contributed by atoms with E-state index >= 15 is 0 Å². The first-order chi connectivity index (χ1) is 11.3. The predicted molar refractivity (Wildman–Crippen MR) is 96.4 cm³/mol. The molecule has 0 radical (unpaired) electrons. The van der Waals surface area contributed by atoms with Crippen molar-refractivity contribution in [1.29, 1.82) is 0 Å². The van der Waals surface area contributed by atoms with Gasteiger partial charge in [0.1, 0.15) is 4.90 Å². The molecular weight excluding hydrogens is 394 g/mol. The number of anilines is 2. The van der Waals surface area contributed by atoms with E-state index in [4.69, 9.17) is 0 Å². The molecule has 126 valence electrons. The zero-order valence-corrected chi connectivity index (χ0v) is 15.5. The maximum Gasteiger partial charge on any atom is 0.262 e. The largest absolute Gasteiger partial charge is 0.360 e. The Kier molecular flexibility index (Phi) is 4.37. The summed E-state index contributed by atoms with van der Waals surface area (Å²) in [6, 6.07) is 10.3. The number of hydrogen-bond acceptors (Lipinski definition) is 4. The third-order valence-corrected chi connectivity index (χ3v) is 6.06. The normalized spacial score (nSPS) is 18.4. The number of hydrogen-bond donors (Lipinski definition) is 3. The molecule has 3 N–H and O–H groups in total. The molecule has 8 heteroatoms. The summed E-state index contributed by atoms with van der Waals surface area (Å²) in [6.07, 6.45) is -1.08. The van der Waals surface area contributed by atoms with Crippen molar-refractivity contribution in [2.75, 3.05) is 10.6 Å². The maximum absolute atomic E-state index is 12.4. The predicted octanol–water partition coefficient (Wildman–Crippen LogP) is 2.73. The number of amides is 1. The molecule has 0 saturated carbocycles. The lowest BCUT2D eigenvalue weighted by molar-refractivity contribution is -0.117. The van der Waals surface area contributed by atoms with Crippen LogP contribution in [0.1, 0.15) is 11.1 Å². The van der Waals surface area contributed by atoms with Crippen molar-refractivity contribution in [3.63, 3.8) is 0 Å². The van der Waals surface area contributed by atoms with Crippen molar-refractivity contribution in [2.24, 2.45) is 0 Å². The van der Waals surface area contributed by atoms with Gasteiger partial charge in [-0.2, -0.15) is 4.72 Å². The van der Waals surface area contributed by atoms with Crippen molar-refractivity contribution in [1.82, 2.24) is 4.72 Å². The van der Waals surface area contributed by atoms with Gasteiger partial charge in [0.15, 0.2) is 6.17 Å². The molecule has 6 nitrogen and oxygen atoms in total. The van der Waals surface area contributed by atoms with Crippen LogP contribution in [0.25, 0.3) is 0 Å². The minimum absolute atomic E-state index is 0.136. The monoisotopic (exact) mass is 409 g/mol. The number of carbonyl (C=O) groups is 1. The molecule has 0 fully saturated rings. The van der Waals surface area contributed by atoms with E-state index in [0.29, 0.717) is 11.4 Å². The van der Waals surface area contributed by atoms with E-state index in [1.807, 2.05) is 19.9 Å². The lowest BCUT2D eigenvalue weighted by Crippen LogP contribution is -2.51. The van der Waals surface area contributed by atoms with Crippen molar-refractivity contribution >= 4 is 43.2 Å². The maximum atomic E-state index is 12.4.